The molecule has 0 fully saturated rings. The van der Waals surface area contributed by atoms with Gasteiger partial charge in [0.15, 0.2) is 0 Å². The first-order chi connectivity index (χ1) is 8.63. The van der Waals surface area contributed by atoms with Crippen molar-refractivity contribution in [3.63, 3.8) is 0 Å². The third kappa shape index (κ3) is 4.56. The third-order valence-corrected chi connectivity index (χ3v) is 1.88. The maximum atomic E-state index is 11.4. The van der Waals surface area contributed by atoms with Gasteiger partial charge in [-0.3, -0.25) is 0 Å². The van der Waals surface area contributed by atoms with Crippen molar-refractivity contribution in [1.29, 1.82) is 0 Å². The predicted octanol–water partition coefficient (Wildman–Crippen LogP) is 1.81. The number of para-hydroxylation sites is 2. The van der Waals surface area contributed by atoms with Crippen molar-refractivity contribution >= 4 is 17.7 Å². The number of amides is 2. The van der Waals surface area contributed by atoms with E-state index >= 15 is 0 Å². The molecule has 0 bridgehead atoms. The number of ether oxygens (including phenoxy) is 1. The Morgan fingerprint density at radius 1 is 1.39 bits per heavy atom. The van der Waals surface area contributed by atoms with Gasteiger partial charge in [-0.05, 0) is 19.1 Å². The molecule has 0 saturated heterocycles. The van der Waals surface area contributed by atoms with E-state index in [4.69, 9.17) is 9.84 Å². The zero-order chi connectivity index (χ0) is 13.4. The van der Waals surface area contributed by atoms with Crippen molar-refractivity contribution in [3.05, 3.63) is 36.5 Å². The summed E-state index contributed by atoms with van der Waals surface area (Å²) in [5.74, 6) is -0.581. The molecule has 1 aromatic carbocycles. The van der Waals surface area contributed by atoms with Crippen molar-refractivity contribution in [3.8, 4) is 5.75 Å². The predicted molar refractivity (Wildman–Crippen MR) is 66.5 cm³/mol. The van der Waals surface area contributed by atoms with E-state index in [1.807, 2.05) is 6.92 Å². The summed E-state index contributed by atoms with van der Waals surface area (Å²) in [5, 5.41) is 13.2. The number of benzene rings is 1. The number of urea groups is 1. The molecule has 0 aromatic heterocycles. The summed E-state index contributed by atoms with van der Waals surface area (Å²) >= 11 is 0. The van der Waals surface area contributed by atoms with Gasteiger partial charge in [-0.1, -0.05) is 12.1 Å². The number of carboxylic acid groups (broad SMARTS) is 1. The first kappa shape index (κ1) is 13.6. The van der Waals surface area contributed by atoms with Crippen LogP contribution in [0.3, 0.4) is 0 Å². The van der Waals surface area contributed by atoms with Crippen LogP contribution in [-0.2, 0) is 4.79 Å². The van der Waals surface area contributed by atoms with Gasteiger partial charge in [-0.15, -0.1) is 0 Å². The Kier molecular flexibility index (Phi) is 5.24. The second kappa shape index (κ2) is 6.95. The minimum absolute atomic E-state index is 0.485. The van der Waals surface area contributed by atoms with Crippen LogP contribution >= 0.6 is 0 Å². The van der Waals surface area contributed by atoms with Crippen molar-refractivity contribution < 1.29 is 19.4 Å². The fourth-order valence-corrected chi connectivity index (χ4v) is 1.20. The van der Waals surface area contributed by atoms with Crippen LogP contribution in [0.25, 0.3) is 0 Å². The number of hydrogen-bond donors (Lipinski definition) is 3. The normalized spacial score (nSPS) is 10.1. The molecule has 0 saturated carbocycles. The van der Waals surface area contributed by atoms with Gasteiger partial charge in [0.25, 0.3) is 0 Å². The third-order valence-electron chi connectivity index (χ3n) is 1.88. The molecule has 0 aliphatic heterocycles. The molecule has 6 nitrogen and oxygen atoms in total. The zero-order valence-electron chi connectivity index (χ0n) is 9.84. The molecule has 0 aliphatic carbocycles. The van der Waals surface area contributed by atoms with Crippen molar-refractivity contribution in [1.82, 2.24) is 5.32 Å². The van der Waals surface area contributed by atoms with Gasteiger partial charge in [0, 0.05) is 12.3 Å². The molecule has 96 valence electrons. The molecule has 0 heterocycles. The van der Waals surface area contributed by atoms with E-state index in [0.29, 0.717) is 18.0 Å². The lowest BCUT2D eigenvalue weighted by Gasteiger charge is -2.10. The number of hydrogen-bond acceptors (Lipinski definition) is 3. The van der Waals surface area contributed by atoms with Crippen molar-refractivity contribution in [2.75, 3.05) is 11.9 Å². The fourth-order valence-electron chi connectivity index (χ4n) is 1.20. The monoisotopic (exact) mass is 250 g/mol. The highest BCUT2D eigenvalue weighted by Crippen LogP contribution is 2.23. The summed E-state index contributed by atoms with van der Waals surface area (Å²) in [5.41, 5.74) is 0.514. The van der Waals surface area contributed by atoms with Crippen LogP contribution in [0.5, 0.6) is 5.75 Å². The SMILES string of the molecule is CCOc1ccccc1NC(=O)N/C=C/C(=O)O. The van der Waals surface area contributed by atoms with Gasteiger partial charge in [-0.25, -0.2) is 9.59 Å². The van der Waals surface area contributed by atoms with Crippen LogP contribution in [0.4, 0.5) is 10.5 Å². The van der Waals surface area contributed by atoms with Gasteiger partial charge in [0.05, 0.1) is 12.3 Å². The minimum Gasteiger partial charge on any atom is -0.492 e. The topological polar surface area (TPSA) is 87.7 Å². The van der Waals surface area contributed by atoms with E-state index in [0.717, 1.165) is 12.3 Å². The smallest absolute Gasteiger partial charge is 0.329 e. The lowest BCUT2D eigenvalue weighted by atomic mass is 10.3. The van der Waals surface area contributed by atoms with Crippen LogP contribution in [0.15, 0.2) is 36.5 Å². The van der Waals surface area contributed by atoms with Gasteiger partial charge >= 0.3 is 12.0 Å². The highest BCUT2D eigenvalue weighted by molar-refractivity contribution is 5.92. The van der Waals surface area contributed by atoms with Crippen LogP contribution in [-0.4, -0.2) is 23.7 Å². The first-order valence-corrected chi connectivity index (χ1v) is 5.32. The maximum Gasteiger partial charge on any atom is 0.329 e. The molecule has 18 heavy (non-hydrogen) atoms. The van der Waals surface area contributed by atoms with E-state index in [9.17, 15) is 9.59 Å². The van der Waals surface area contributed by atoms with Crippen LogP contribution < -0.4 is 15.4 Å². The van der Waals surface area contributed by atoms with E-state index in [1.165, 1.54) is 0 Å². The van der Waals surface area contributed by atoms with E-state index in [1.54, 1.807) is 24.3 Å². The van der Waals surface area contributed by atoms with Crippen LogP contribution in [0.1, 0.15) is 6.92 Å². The molecule has 0 radical (unpaired) electrons. The number of nitrogens with one attached hydrogen (secondary N) is 2. The average Bonchev–Trinajstić information content (AvgIpc) is 2.31. The molecule has 0 atom stereocenters. The molecular formula is C12H14N2O4. The number of rotatable bonds is 5. The lowest BCUT2D eigenvalue weighted by molar-refractivity contribution is -0.131. The van der Waals surface area contributed by atoms with Crippen LogP contribution in [0.2, 0.25) is 0 Å². The molecule has 0 unspecified atom stereocenters. The fraction of sp³-hybridized carbons (Fsp3) is 0.167. The second-order valence-electron chi connectivity index (χ2n) is 3.20. The Morgan fingerprint density at radius 3 is 2.78 bits per heavy atom. The Hall–Kier alpha value is -2.50. The minimum atomic E-state index is -1.13. The number of carbonyl (C=O) groups excluding carboxylic acids is 1. The van der Waals surface area contributed by atoms with Crippen molar-refractivity contribution in [2.24, 2.45) is 0 Å². The number of carboxylic acids is 1. The number of aliphatic carboxylic acids is 1. The summed E-state index contributed by atoms with van der Waals surface area (Å²) in [6, 6.07) is 6.42. The van der Waals surface area contributed by atoms with Crippen molar-refractivity contribution in [2.45, 2.75) is 6.92 Å². The Balaban J connectivity index is 2.61. The first-order valence-electron chi connectivity index (χ1n) is 5.32. The van der Waals surface area contributed by atoms with Gasteiger partial charge < -0.3 is 20.5 Å². The summed E-state index contributed by atoms with van der Waals surface area (Å²) < 4.78 is 5.33. The summed E-state index contributed by atoms with van der Waals surface area (Å²) in [4.78, 5) is 21.6. The molecule has 0 spiro atoms. The average molecular weight is 250 g/mol. The summed E-state index contributed by atoms with van der Waals surface area (Å²) in [6.45, 7) is 2.33. The van der Waals surface area contributed by atoms with E-state index < -0.39 is 12.0 Å². The molecular weight excluding hydrogens is 236 g/mol. The van der Waals surface area contributed by atoms with Crippen LogP contribution in [0, 0.1) is 0 Å². The van der Waals surface area contributed by atoms with Gasteiger partial charge in [0.1, 0.15) is 5.75 Å². The Morgan fingerprint density at radius 2 is 2.11 bits per heavy atom. The largest absolute Gasteiger partial charge is 0.492 e. The van der Waals surface area contributed by atoms with Gasteiger partial charge in [-0.2, -0.15) is 0 Å². The van der Waals surface area contributed by atoms with E-state index in [2.05, 4.69) is 10.6 Å². The second-order valence-corrected chi connectivity index (χ2v) is 3.20. The maximum absolute atomic E-state index is 11.4. The standard InChI is InChI=1S/C12H14N2O4/c1-2-18-10-6-4-3-5-9(10)14-12(17)13-8-7-11(15)16/h3-8H,2H2,1H3,(H,15,16)(H2,13,14,17)/b8-7+. The zero-order valence-corrected chi connectivity index (χ0v) is 9.84. The lowest BCUT2D eigenvalue weighted by Crippen LogP contribution is -2.24. The quantitative estimate of drug-likeness (QED) is 0.695. The number of carbonyl (C=O) groups is 2. The molecule has 0 aliphatic rings. The highest BCUT2D eigenvalue weighted by atomic mass is 16.5. The molecule has 3 N–H and O–H groups in total. The molecule has 2 amide bonds. The molecule has 1 aromatic rings. The summed E-state index contributed by atoms with van der Waals surface area (Å²) in [6.07, 6.45) is 1.87. The Labute approximate surface area is 104 Å². The Bertz CT molecular complexity index is 457. The molecule has 1 rings (SSSR count). The number of anilines is 1. The molecule has 6 heteroatoms. The summed E-state index contributed by atoms with van der Waals surface area (Å²) in [7, 11) is 0. The highest BCUT2D eigenvalue weighted by Gasteiger charge is 2.05. The van der Waals surface area contributed by atoms with Gasteiger partial charge in [0.2, 0.25) is 0 Å². The van der Waals surface area contributed by atoms with E-state index in [-0.39, 0.29) is 0 Å².